The summed E-state index contributed by atoms with van der Waals surface area (Å²) in [4.78, 5) is 24.2. The van der Waals surface area contributed by atoms with E-state index in [2.05, 4.69) is 0 Å². The minimum Gasteiger partial charge on any atom is -0.478 e. The summed E-state index contributed by atoms with van der Waals surface area (Å²) >= 11 is 0. The first kappa shape index (κ1) is 20.5. The Morgan fingerprint density at radius 2 is 1.74 bits per heavy atom. The van der Waals surface area contributed by atoms with E-state index in [9.17, 15) is 14.7 Å². The second kappa shape index (κ2) is 9.76. The fourth-order valence-corrected chi connectivity index (χ4v) is 3.15. The first-order chi connectivity index (χ1) is 13.0. The normalized spacial score (nSPS) is 12.9. The number of carbonyl (C=O) groups is 2. The van der Waals surface area contributed by atoms with E-state index in [1.165, 1.54) is 7.11 Å². The molecule has 0 saturated carbocycles. The van der Waals surface area contributed by atoms with Crippen molar-refractivity contribution in [2.24, 2.45) is 0 Å². The predicted molar refractivity (Wildman–Crippen MR) is 103 cm³/mol. The zero-order valence-electron chi connectivity index (χ0n) is 16.0. The smallest absolute Gasteiger partial charge is 0.349 e. The van der Waals surface area contributed by atoms with Crippen molar-refractivity contribution in [3.63, 3.8) is 0 Å². The summed E-state index contributed by atoms with van der Waals surface area (Å²) in [5.41, 5.74) is 2.10. The Balaban J connectivity index is 2.54. The third-order valence-corrected chi connectivity index (χ3v) is 4.48. The molecule has 0 aliphatic heterocycles. The second-order valence-corrected chi connectivity index (χ2v) is 6.32. The molecule has 0 bridgehead atoms. The average molecular weight is 370 g/mol. The summed E-state index contributed by atoms with van der Waals surface area (Å²) in [7, 11) is 1.35. The fraction of sp³-hybridized carbons (Fsp3) is 0.364. The van der Waals surface area contributed by atoms with Crippen molar-refractivity contribution in [3.05, 3.63) is 65.2 Å². The van der Waals surface area contributed by atoms with Gasteiger partial charge in [0.05, 0.1) is 13.0 Å². The van der Waals surface area contributed by atoms with E-state index in [0.717, 1.165) is 18.4 Å². The molecule has 5 nitrogen and oxygen atoms in total. The highest BCUT2D eigenvalue weighted by Crippen LogP contribution is 2.36. The van der Waals surface area contributed by atoms with Crippen LogP contribution < -0.4 is 4.74 Å². The van der Waals surface area contributed by atoms with Gasteiger partial charge in [0.2, 0.25) is 6.10 Å². The van der Waals surface area contributed by atoms with Crippen molar-refractivity contribution in [2.75, 3.05) is 7.11 Å². The highest BCUT2D eigenvalue weighted by molar-refractivity contribution is 5.80. The van der Waals surface area contributed by atoms with E-state index in [4.69, 9.17) is 9.47 Å². The van der Waals surface area contributed by atoms with E-state index in [-0.39, 0.29) is 5.97 Å². The van der Waals surface area contributed by atoms with Crippen LogP contribution in [0.25, 0.3) is 0 Å². The lowest BCUT2D eigenvalue weighted by atomic mass is 9.92. The lowest BCUT2D eigenvalue weighted by Crippen LogP contribution is -2.21. The van der Waals surface area contributed by atoms with Crippen molar-refractivity contribution in [1.82, 2.24) is 0 Å². The monoisotopic (exact) mass is 370 g/mol. The quantitative estimate of drug-likeness (QED) is 0.658. The number of carboxylic acid groups (broad SMARTS) is 1. The number of aryl methyl sites for hydroxylation is 1. The standard InChI is InChI=1S/C22H26O5/c1-4-10-15-13-9-14-18(17(5-2)22(25)26-3)19(15)27-20(21(23)24)16-11-7-6-8-12-16/h6-9,11-14,17,20H,4-5,10H2,1-3H3,(H,23,24). The van der Waals surface area contributed by atoms with Crippen LogP contribution in [0.1, 0.15) is 55.4 Å². The second-order valence-electron chi connectivity index (χ2n) is 6.32. The first-order valence-electron chi connectivity index (χ1n) is 9.17. The molecular weight excluding hydrogens is 344 g/mol. The van der Waals surface area contributed by atoms with E-state index in [1.807, 2.05) is 38.1 Å². The van der Waals surface area contributed by atoms with Crippen molar-refractivity contribution >= 4 is 11.9 Å². The number of rotatable bonds is 9. The SMILES string of the molecule is CCCc1cccc(C(CC)C(=O)OC)c1OC(C(=O)O)c1ccccc1. The van der Waals surface area contributed by atoms with Gasteiger partial charge in [0, 0.05) is 11.1 Å². The molecule has 0 spiro atoms. The van der Waals surface area contributed by atoms with Crippen LogP contribution in [0.2, 0.25) is 0 Å². The summed E-state index contributed by atoms with van der Waals surface area (Å²) in [6, 6.07) is 14.4. The van der Waals surface area contributed by atoms with Crippen LogP contribution >= 0.6 is 0 Å². The van der Waals surface area contributed by atoms with E-state index >= 15 is 0 Å². The molecule has 0 aromatic heterocycles. The zero-order chi connectivity index (χ0) is 19.8. The van der Waals surface area contributed by atoms with Crippen molar-refractivity contribution < 1.29 is 24.2 Å². The van der Waals surface area contributed by atoms with Gasteiger partial charge in [-0.2, -0.15) is 0 Å². The molecule has 2 aromatic carbocycles. The molecule has 0 heterocycles. The maximum Gasteiger partial charge on any atom is 0.349 e. The lowest BCUT2D eigenvalue weighted by Gasteiger charge is -2.23. The number of ether oxygens (including phenoxy) is 2. The molecule has 0 aliphatic rings. The van der Waals surface area contributed by atoms with Crippen LogP contribution in [0.15, 0.2) is 48.5 Å². The summed E-state index contributed by atoms with van der Waals surface area (Å²) < 4.78 is 11.0. The minimum atomic E-state index is -1.15. The number of hydrogen-bond donors (Lipinski definition) is 1. The molecule has 0 fully saturated rings. The Kier molecular flexibility index (Phi) is 7.41. The molecule has 1 N–H and O–H groups in total. The first-order valence-corrected chi connectivity index (χ1v) is 9.17. The molecule has 0 saturated heterocycles. The van der Waals surface area contributed by atoms with Crippen molar-refractivity contribution in [3.8, 4) is 5.75 Å². The van der Waals surface area contributed by atoms with Gasteiger partial charge in [0.25, 0.3) is 0 Å². The van der Waals surface area contributed by atoms with Crippen LogP contribution in [0, 0.1) is 0 Å². The van der Waals surface area contributed by atoms with Gasteiger partial charge in [-0.05, 0) is 18.4 Å². The van der Waals surface area contributed by atoms with Crippen LogP contribution in [0.5, 0.6) is 5.75 Å². The molecule has 2 unspecified atom stereocenters. The summed E-state index contributed by atoms with van der Waals surface area (Å²) in [5.74, 6) is -1.48. The van der Waals surface area contributed by atoms with Crippen LogP contribution in [0.3, 0.4) is 0 Å². The number of carboxylic acids is 1. The number of para-hydroxylation sites is 1. The maximum atomic E-state index is 12.3. The van der Waals surface area contributed by atoms with Crippen molar-refractivity contribution in [2.45, 2.75) is 45.1 Å². The average Bonchev–Trinajstić information content (AvgIpc) is 2.68. The molecule has 0 radical (unpaired) electrons. The Bertz CT molecular complexity index is 770. The molecule has 2 atom stereocenters. The number of hydrogen-bond acceptors (Lipinski definition) is 4. The number of carbonyl (C=O) groups excluding carboxylic acids is 1. The van der Waals surface area contributed by atoms with Gasteiger partial charge in [-0.25, -0.2) is 4.79 Å². The highest BCUT2D eigenvalue weighted by atomic mass is 16.5. The predicted octanol–water partition coefficient (Wildman–Crippen LogP) is 4.51. The zero-order valence-corrected chi connectivity index (χ0v) is 16.0. The van der Waals surface area contributed by atoms with Gasteiger partial charge in [-0.1, -0.05) is 68.8 Å². The summed E-state index contributed by atoms with van der Waals surface area (Å²) in [6.07, 6.45) is 0.972. The molecular formula is C22H26O5. The number of benzene rings is 2. The topological polar surface area (TPSA) is 72.8 Å². The van der Waals surface area contributed by atoms with Gasteiger partial charge in [-0.3, -0.25) is 4.79 Å². The highest BCUT2D eigenvalue weighted by Gasteiger charge is 2.29. The lowest BCUT2D eigenvalue weighted by molar-refractivity contribution is -0.145. The molecule has 2 aromatic rings. The number of aliphatic carboxylic acids is 1. The molecule has 27 heavy (non-hydrogen) atoms. The molecule has 2 rings (SSSR count). The number of esters is 1. The van der Waals surface area contributed by atoms with Crippen LogP contribution in [-0.2, 0) is 20.7 Å². The molecule has 0 aliphatic carbocycles. The Morgan fingerprint density at radius 3 is 2.30 bits per heavy atom. The minimum absolute atomic E-state index is 0.359. The van der Waals surface area contributed by atoms with Gasteiger partial charge in [0.15, 0.2) is 0 Å². The molecule has 0 amide bonds. The van der Waals surface area contributed by atoms with Gasteiger partial charge in [-0.15, -0.1) is 0 Å². The van der Waals surface area contributed by atoms with E-state index in [1.54, 1.807) is 24.3 Å². The maximum absolute atomic E-state index is 12.3. The van der Waals surface area contributed by atoms with Gasteiger partial charge in [0.1, 0.15) is 5.75 Å². The van der Waals surface area contributed by atoms with Crippen LogP contribution in [0.4, 0.5) is 0 Å². The van der Waals surface area contributed by atoms with Gasteiger partial charge < -0.3 is 14.6 Å². The summed E-state index contributed by atoms with van der Waals surface area (Å²) in [6.45, 7) is 3.93. The van der Waals surface area contributed by atoms with E-state index < -0.39 is 18.0 Å². The largest absolute Gasteiger partial charge is 0.478 e. The Hall–Kier alpha value is -2.82. The van der Waals surface area contributed by atoms with Gasteiger partial charge >= 0.3 is 11.9 Å². The summed E-state index contributed by atoms with van der Waals surface area (Å²) in [5, 5.41) is 9.73. The van der Waals surface area contributed by atoms with Crippen LogP contribution in [-0.4, -0.2) is 24.2 Å². The third-order valence-electron chi connectivity index (χ3n) is 4.48. The number of methoxy groups -OCH3 is 1. The van der Waals surface area contributed by atoms with E-state index in [0.29, 0.717) is 23.3 Å². The fourth-order valence-electron chi connectivity index (χ4n) is 3.15. The third kappa shape index (κ3) is 4.88. The molecule has 144 valence electrons. The molecule has 5 heteroatoms. The Morgan fingerprint density at radius 1 is 1.04 bits per heavy atom. The Labute approximate surface area is 159 Å². The van der Waals surface area contributed by atoms with Crippen molar-refractivity contribution in [1.29, 1.82) is 0 Å².